The predicted molar refractivity (Wildman–Crippen MR) is 130 cm³/mol. The maximum Gasteiger partial charge on any atom is 0.247 e. The summed E-state index contributed by atoms with van der Waals surface area (Å²) in [6.07, 6.45) is 3.96. The van der Waals surface area contributed by atoms with Gasteiger partial charge in [0, 0.05) is 18.2 Å². The second-order valence-electron chi connectivity index (χ2n) is 7.78. The van der Waals surface area contributed by atoms with E-state index in [-0.39, 0.29) is 5.91 Å². The molecule has 0 fully saturated rings. The third-order valence-corrected chi connectivity index (χ3v) is 6.41. The molecule has 1 aliphatic heterocycles. The van der Waals surface area contributed by atoms with E-state index in [1.54, 1.807) is 23.8 Å². The van der Waals surface area contributed by atoms with Gasteiger partial charge in [0.25, 0.3) is 0 Å². The molecule has 0 saturated heterocycles. The van der Waals surface area contributed by atoms with Gasteiger partial charge in [0.1, 0.15) is 5.75 Å². The highest BCUT2D eigenvalue weighted by atomic mass is 32.2. The lowest BCUT2D eigenvalue weighted by Crippen LogP contribution is -2.36. The molecule has 8 heteroatoms. The standard InChI is InChI=1S/C25H28N4O3S/c1-4-5-6-11-16-33-25-26-23-22(27-28-25)18-12-7-9-14-20(18)29(17(2)30)24(32-23)19-13-8-10-15-21(19)31-3/h7-10,12-15,24H,4-6,11,16H2,1-3H3/t24-/m0/s1. The van der Waals surface area contributed by atoms with Crippen molar-refractivity contribution in [2.75, 3.05) is 17.8 Å². The van der Waals surface area contributed by atoms with Crippen LogP contribution in [-0.2, 0) is 4.79 Å². The minimum Gasteiger partial charge on any atom is -0.496 e. The van der Waals surface area contributed by atoms with Gasteiger partial charge in [-0.3, -0.25) is 9.69 Å². The van der Waals surface area contributed by atoms with E-state index in [1.165, 1.54) is 26.2 Å². The number of thioether (sulfide) groups is 1. The molecule has 7 nitrogen and oxygen atoms in total. The van der Waals surface area contributed by atoms with E-state index in [0.29, 0.717) is 28.2 Å². The van der Waals surface area contributed by atoms with Crippen LogP contribution in [0.2, 0.25) is 0 Å². The van der Waals surface area contributed by atoms with E-state index in [1.807, 2.05) is 48.5 Å². The molecule has 2 aromatic carbocycles. The van der Waals surface area contributed by atoms with Crippen molar-refractivity contribution in [3.05, 3.63) is 54.1 Å². The molecule has 0 aliphatic carbocycles. The van der Waals surface area contributed by atoms with Gasteiger partial charge in [-0.15, -0.1) is 10.2 Å². The van der Waals surface area contributed by atoms with Gasteiger partial charge in [0.2, 0.25) is 23.2 Å². The number of carbonyl (C=O) groups excluding carboxylic acids is 1. The first-order chi connectivity index (χ1) is 16.1. The molecule has 0 N–H and O–H groups in total. The first kappa shape index (κ1) is 23.0. The fourth-order valence-electron chi connectivity index (χ4n) is 3.88. The van der Waals surface area contributed by atoms with Crippen LogP contribution in [0, 0.1) is 0 Å². The lowest BCUT2D eigenvalue weighted by Gasteiger charge is -2.30. The molecule has 0 saturated carbocycles. The van der Waals surface area contributed by atoms with E-state index in [9.17, 15) is 4.79 Å². The number of hydrogen-bond donors (Lipinski definition) is 0. The summed E-state index contributed by atoms with van der Waals surface area (Å²) < 4.78 is 12.0. The Labute approximate surface area is 198 Å². The fraction of sp³-hybridized carbons (Fsp3) is 0.360. The molecule has 0 radical (unpaired) electrons. The van der Waals surface area contributed by atoms with Crippen LogP contribution < -0.4 is 14.4 Å². The number of rotatable bonds is 8. The van der Waals surface area contributed by atoms with Crippen molar-refractivity contribution in [1.82, 2.24) is 15.2 Å². The average molecular weight is 465 g/mol. The monoisotopic (exact) mass is 464 g/mol. The number of carbonyl (C=O) groups is 1. The van der Waals surface area contributed by atoms with E-state index in [0.717, 1.165) is 23.3 Å². The van der Waals surface area contributed by atoms with Gasteiger partial charge in [-0.2, -0.15) is 4.98 Å². The zero-order valence-corrected chi connectivity index (χ0v) is 20.0. The Kier molecular flexibility index (Phi) is 7.44. The Bertz CT molecular complexity index is 1120. The van der Waals surface area contributed by atoms with Gasteiger partial charge < -0.3 is 9.47 Å². The summed E-state index contributed by atoms with van der Waals surface area (Å²) in [6.45, 7) is 3.72. The van der Waals surface area contributed by atoms with Gasteiger partial charge in [0.15, 0.2) is 5.69 Å². The molecule has 1 atom stereocenters. The van der Waals surface area contributed by atoms with Crippen molar-refractivity contribution >= 4 is 23.4 Å². The number of aromatic nitrogens is 3. The minimum atomic E-state index is -0.764. The highest BCUT2D eigenvalue weighted by Crippen LogP contribution is 2.44. The van der Waals surface area contributed by atoms with E-state index in [4.69, 9.17) is 14.5 Å². The average Bonchev–Trinajstić information content (AvgIpc) is 2.98. The summed E-state index contributed by atoms with van der Waals surface area (Å²) in [7, 11) is 1.60. The zero-order valence-electron chi connectivity index (χ0n) is 19.2. The van der Waals surface area contributed by atoms with Crippen LogP contribution >= 0.6 is 11.8 Å². The number of amides is 1. The van der Waals surface area contributed by atoms with Crippen LogP contribution in [0.1, 0.15) is 51.3 Å². The van der Waals surface area contributed by atoms with Crippen LogP contribution in [0.15, 0.2) is 53.7 Å². The Morgan fingerprint density at radius 3 is 2.67 bits per heavy atom. The first-order valence-corrected chi connectivity index (χ1v) is 12.2. The summed E-state index contributed by atoms with van der Waals surface area (Å²) >= 11 is 1.57. The molecule has 172 valence electrons. The molecule has 1 amide bonds. The predicted octanol–water partition coefficient (Wildman–Crippen LogP) is 5.66. The second kappa shape index (κ2) is 10.7. The van der Waals surface area contributed by atoms with Gasteiger partial charge in [-0.25, -0.2) is 0 Å². The molecule has 0 spiro atoms. The third kappa shape index (κ3) is 4.95. The van der Waals surface area contributed by atoms with Gasteiger partial charge in [-0.05, 0) is 24.6 Å². The first-order valence-electron chi connectivity index (χ1n) is 11.2. The molecule has 3 aromatic rings. The third-order valence-electron chi connectivity index (χ3n) is 5.49. The maximum atomic E-state index is 12.9. The highest BCUT2D eigenvalue weighted by molar-refractivity contribution is 7.99. The van der Waals surface area contributed by atoms with Crippen LogP contribution in [-0.4, -0.2) is 34.0 Å². The van der Waals surface area contributed by atoms with E-state index >= 15 is 0 Å². The number of anilines is 1. The van der Waals surface area contributed by atoms with Crippen molar-refractivity contribution in [1.29, 1.82) is 0 Å². The molecule has 2 heterocycles. The number of para-hydroxylation sites is 2. The summed E-state index contributed by atoms with van der Waals surface area (Å²) in [5.74, 6) is 1.74. The smallest absolute Gasteiger partial charge is 0.247 e. The summed E-state index contributed by atoms with van der Waals surface area (Å²) in [5, 5.41) is 9.39. The van der Waals surface area contributed by atoms with Gasteiger partial charge in [-0.1, -0.05) is 68.3 Å². The number of fused-ring (bicyclic) bond motifs is 3. The molecule has 4 rings (SSSR count). The number of nitrogens with zero attached hydrogens (tertiary/aromatic N) is 4. The van der Waals surface area contributed by atoms with Crippen molar-refractivity contribution in [2.24, 2.45) is 0 Å². The molecule has 33 heavy (non-hydrogen) atoms. The number of hydrogen-bond acceptors (Lipinski definition) is 7. The maximum absolute atomic E-state index is 12.9. The van der Waals surface area contributed by atoms with Crippen molar-refractivity contribution in [2.45, 2.75) is 50.9 Å². The molecule has 0 unspecified atom stereocenters. The summed E-state index contributed by atoms with van der Waals surface area (Å²) in [5.41, 5.74) is 2.69. The Hall–Kier alpha value is -3.13. The molecular formula is C25H28N4O3S. The normalized spacial score (nSPS) is 14.6. The second-order valence-corrected chi connectivity index (χ2v) is 8.84. The Morgan fingerprint density at radius 2 is 1.88 bits per heavy atom. The van der Waals surface area contributed by atoms with Crippen molar-refractivity contribution in [3.8, 4) is 22.9 Å². The zero-order chi connectivity index (χ0) is 23.2. The fourth-order valence-corrected chi connectivity index (χ4v) is 4.66. The largest absolute Gasteiger partial charge is 0.496 e. The highest BCUT2D eigenvalue weighted by Gasteiger charge is 2.35. The van der Waals surface area contributed by atoms with Crippen LogP contribution in [0.5, 0.6) is 11.6 Å². The van der Waals surface area contributed by atoms with Crippen LogP contribution in [0.25, 0.3) is 11.3 Å². The lowest BCUT2D eigenvalue weighted by atomic mass is 10.1. The lowest BCUT2D eigenvalue weighted by molar-refractivity contribution is -0.118. The minimum absolute atomic E-state index is 0.162. The van der Waals surface area contributed by atoms with Crippen molar-refractivity contribution in [3.63, 3.8) is 0 Å². The molecule has 1 aliphatic rings. The van der Waals surface area contributed by atoms with Crippen LogP contribution in [0.3, 0.4) is 0 Å². The Balaban J connectivity index is 1.77. The number of methoxy groups -OCH3 is 1. The number of unbranched alkanes of at least 4 members (excludes halogenated alkanes) is 3. The van der Waals surface area contributed by atoms with Gasteiger partial charge >= 0.3 is 0 Å². The van der Waals surface area contributed by atoms with Crippen LogP contribution in [0.4, 0.5) is 5.69 Å². The molecular weight excluding hydrogens is 436 g/mol. The Morgan fingerprint density at radius 1 is 1.09 bits per heavy atom. The van der Waals surface area contributed by atoms with Crippen molar-refractivity contribution < 1.29 is 14.3 Å². The summed E-state index contributed by atoms with van der Waals surface area (Å²) in [4.78, 5) is 19.2. The summed E-state index contributed by atoms with van der Waals surface area (Å²) in [6, 6.07) is 15.1. The number of benzene rings is 2. The van der Waals surface area contributed by atoms with E-state index < -0.39 is 6.23 Å². The quantitative estimate of drug-likeness (QED) is 0.314. The molecule has 1 aromatic heterocycles. The SMILES string of the molecule is CCCCCCSc1nnc2c(n1)O[C@@H](c1ccccc1OC)N(C(C)=O)c1ccccc1-2. The van der Waals surface area contributed by atoms with E-state index in [2.05, 4.69) is 17.1 Å². The molecule has 0 bridgehead atoms. The van der Waals surface area contributed by atoms with Gasteiger partial charge in [0.05, 0.1) is 18.4 Å². The topological polar surface area (TPSA) is 77.4 Å². The number of ether oxygens (including phenoxy) is 2.